The number of benzene rings is 1. The zero-order valence-electron chi connectivity index (χ0n) is 15.1. The van der Waals surface area contributed by atoms with Crippen molar-refractivity contribution in [3.63, 3.8) is 0 Å². The van der Waals surface area contributed by atoms with Gasteiger partial charge in [-0.25, -0.2) is 0 Å². The summed E-state index contributed by atoms with van der Waals surface area (Å²) in [5.74, 6) is 1.09. The van der Waals surface area contributed by atoms with E-state index in [0.29, 0.717) is 12.5 Å². The van der Waals surface area contributed by atoms with Crippen molar-refractivity contribution in [2.75, 3.05) is 39.9 Å². The van der Waals surface area contributed by atoms with Crippen molar-refractivity contribution >= 4 is 5.91 Å². The van der Waals surface area contributed by atoms with Gasteiger partial charge in [0.2, 0.25) is 5.91 Å². The first-order chi connectivity index (χ1) is 12.2. The lowest BCUT2D eigenvalue weighted by atomic mass is 9.88. The van der Waals surface area contributed by atoms with Crippen LogP contribution in [0.4, 0.5) is 0 Å². The fourth-order valence-electron chi connectivity index (χ4n) is 4.52. The minimum absolute atomic E-state index is 0.0621. The summed E-state index contributed by atoms with van der Waals surface area (Å²) in [7, 11) is 1.67. The molecule has 1 amide bonds. The zero-order valence-corrected chi connectivity index (χ0v) is 15.1. The van der Waals surface area contributed by atoms with Crippen molar-refractivity contribution in [3.8, 4) is 5.75 Å². The number of amides is 1. The van der Waals surface area contributed by atoms with E-state index in [1.807, 2.05) is 29.2 Å². The SMILES string of the molecule is COc1ccccc1CCC(=O)N1CC2(C[C@H](N3CCCC3)CO2)C1. The molecule has 0 unspecified atom stereocenters. The van der Waals surface area contributed by atoms with Crippen LogP contribution >= 0.6 is 0 Å². The Labute approximate surface area is 149 Å². The average molecular weight is 344 g/mol. The lowest BCUT2D eigenvalue weighted by molar-refractivity contribution is -0.157. The fourth-order valence-corrected chi connectivity index (χ4v) is 4.52. The molecule has 0 N–H and O–H groups in total. The molecule has 136 valence electrons. The van der Waals surface area contributed by atoms with Crippen molar-refractivity contribution in [1.82, 2.24) is 9.80 Å². The Morgan fingerprint density at radius 1 is 1.28 bits per heavy atom. The maximum Gasteiger partial charge on any atom is 0.223 e. The van der Waals surface area contributed by atoms with E-state index >= 15 is 0 Å². The van der Waals surface area contributed by atoms with E-state index in [4.69, 9.17) is 9.47 Å². The van der Waals surface area contributed by atoms with Crippen molar-refractivity contribution in [2.45, 2.75) is 43.7 Å². The molecule has 0 saturated carbocycles. The number of carbonyl (C=O) groups is 1. The smallest absolute Gasteiger partial charge is 0.223 e. The van der Waals surface area contributed by atoms with E-state index in [1.54, 1.807) is 7.11 Å². The van der Waals surface area contributed by atoms with Crippen LogP contribution < -0.4 is 4.74 Å². The standard InChI is InChI=1S/C20H28N2O3/c1-24-18-7-3-2-6-16(18)8-9-19(23)22-14-20(15-22)12-17(13-25-20)21-10-4-5-11-21/h2-3,6-7,17H,4-5,8-15H2,1H3/t17-/m0/s1. The first-order valence-corrected chi connectivity index (χ1v) is 9.47. The summed E-state index contributed by atoms with van der Waals surface area (Å²) >= 11 is 0. The fraction of sp³-hybridized carbons (Fsp3) is 0.650. The van der Waals surface area contributed by atoms with Crippen LogP contribution in [0.25, 0.3) is 0 Å². The monoisotopic (exact) mass is 344 g/mol. The van der Waals surface area contributed by atoms with E-state index in [9.17, 15) is 4.79 Å². The number of carbonyl (C=O) groups excluding carboxylic acids is 1. The second-order valence-electron chi connectivity index (χ2n) is 7.66. The molecule has 3 aliphatic rings. The van der Waals surface area contributed by atoms with Crippen LogP contribution in [0.15, 0.2) is 24.3 Å². The van der Waals surface area contributed by atoms with E-state index in [2.05, 4.69) is 4.90 Å². The van der Waals surface area contributed by atoms with Gasteiger partial charge < -0.3 is 14.4 Å². The van der Waals surface area contributed by atoms with Gasteiger partial charge in [0.1, 0.15) is 11.4 Å². The number of hydrogen-bond acceptors (Lipinski definition) is 4. The van der Waals surface area contributed by atoms with Gasteiger partial charge in [0.25, 0.3) is 0 Å². The number of para-hydroxylation sites is 1. The summed E-state index contributed by atoms with van der Waals surface area (Å²) in [5.41, 5.74) is 1.03. The van der Waals surface area contributed by atoms with Crippen LogP contribution in [0.2, 0.25) is 0 Å². The molecule has 3 aliphatic heterocycles. The third-order valence-electron chi connectivity index (χ3n) is 5.96. The summed E-state index contributed by atoms with van der Waals surface area (Å²) in [5, 5.41) is 0. The van der Waals surface area contributed by atoms with Gasteiger partial charge in [-0.3, -0.25) is 9.69 Å². The van der Waals surface area contributed by atoms with Gasteiger partial charge >= 0.3 is 0 Å². The van der Waals surface area contributed by atoms with Gasteiger partial charge in [0.05, 0.1) is 26.8 Å². The molecule has 3 heterocycles. The molecular weight excluding hydrogens is 316 g/mol. The van der Waals surface area contributed by atoms with Crippen LogP contribution in [0.5, 0.6) is 5.75 Å². The van der Waals surface area contributed by atoms with E-state index in [-0.39, 0.29) is 11.5 Å². The molecule has 0 radical (unpaired) electrons. The van der Waals surface area contributed by atoms with Gasteiger partial charge in [-0.2, -0.15) is 0 Å². The van der Waals surface area contributed by atoms with Gasteiger partial charge in [-0.05, 0) is 50.4 Å². The largest absolute Gasteiger partial charge is 0.496 e. The van der Waals surface area contributed by atoms with Gasteiger partial charge in [0.15, 0.2) is 0 Å². The summed E-state index contributed by atoms with van der Waals surface area (Å²) in [4.78, 5) is 17.0. The molecule has 5 heteroatoms. The normalized spacial score (nSPS) is 25.3. The van der Waals surface area contributed by atoms with Crippen LogP contribution in [0.3, 0.4) is 0 Å². The molecule has 1 aromatic carbocycles. The molecule has 1 atom stereocenters. The van der Waals surface area contributed by atoms with Gasteiger partial charge in [-0.15, -0.1) is 0 Å². The minimum Gasteiger partial charge on any atom is -0.496 e. The molecule has 1 spiro atoms. The van der Waals surface area contributed by atoms with Crippen LogP contribution in [-0.2, 0) is 16.0 Å². The summed E-state index contributed by atoms with van der Waals surface area (Å²) in [6.07, 6.45) is 4.98. The Kier molecular flexibility index (Phi) is 4.69. The Morgan fingerprint density at radius 3 is 2.80 bits per heavy atom. The highest BCUT2D eigenvalue weighted by Gasteiger charge is 2.52. The predicted molar refractivity (Wildman–Crippen MR) is 95.8 cm³/mol. The number of ether oxygens (including phenoxy) is 2. The summed E-state index contributed by atoms with van der Waals surface area (Å²) in [6, 6.07) is 8.49. The topological polar surface area (TPSA) is 42.0 Å². The molecule has 3 saturated heterocycles. The highest BCUT2D eigenvalue weighted by Crippen LogP contribution is 2.38. The highest BCUT2D eigenvalue weighted by atomic mass is 16.5. The predicted octanol–water partition coefficient (Wildman–Crippen LogP) is 2.09. The number of hydrogen-bond donors (Lipinski definition) is 0. The second kappa shape index (κ2) is 6.96. The Bertz CT molecular complexity index is 621. The molecule has 1 aromatic rings. The molecule has 0 aromatic heterocycles. The van der Waals surface area contributed by atoms with Crippen LogP contribution in [0, 0.1) is 0 Å². The number of nitrogens with zero attached hydrogens (tertiary/aromatic N) is 2. The van der Waals surface area contributed by atoms with Crippen molar-refractivity contribution < 1.29 is 14.3 Å². The maximum atomic E-state index is 12.5. The first-order valence-electron chi connectivity index (χ1n) is 9.47. The number of rotatable bonds is 5. The van der Waals surface area contributed by atoms with E-state index < -0.39 is 0 Å². The van der Waals surface area contributed by atoms with Crippen molar-refractivity contribution in [3.05, 3.63) is 29.8 Å². The summed E-state index contributed by atoms with van der Waals surface area (Å²) < 4.78 is 11.5. The quantitative estimate of drug-likeness (QED) is 0.820. The lowest BCUT2D eigenvalue weighted by Crippen LogP contribution is -2.63. The highest BCUT2D eigenvalue weighted by molar-refractivity contribution is 5.77. The van der Waals surface area contributed by atoms with E-state index in [0.717, 1.165) is 43.9 Å². The number of likely N-dealkylation sites (tertiary alicyclic amines) is 2. The molecule has 0 bridgehead atoms. The molecule has 5 nitrogen and oxygen atoms in total. The Balaban J connectivity index is 1.25. The van der Waals surface area contributed by atoms with Crippen LogP contribution in [-0.4, -0.2) is 67.2 Å². The van der Waals surface area contributed by atoms with Gasteiger partial charge in [-0.1, -0.05) is 18.2 Å². The van der Waals surface area contributed by atoms with Crippen LogP contribution in [0.1, 0.15) is 31.2 Å². The Hall–Kier alpha value is -1.59. The lowest BCUT2D eigenvalue weighted by Gasteiger charge is -2.47. The number of aryl methyl sites for hydroxylation is 1. The van der Waals surface area contributed by atoms with Crippen molar-refractivity contribution in [1.29, 1.82) is 0 Å². The average Bonchev–Trinajstić information content (AvgIpc) is 3.27. The molecule has 0 aliphatic carbocycles. The molecule has 25 heavy (non-hydrogen) atoms. The third kappa shape index (κ3) is 3.40. The second-order valence-corrected chi connectivity index (χ2v) is 7.66. The zero-order chi connectivity index (χ0) is 17.3. The molecule has 4 rings (SSSR count). The van der Waals surface area contributed by atoms with Crippen molar-refractivity contribution in [2.24, 2.45) is 0 Å². The molecule has 3 fully saturated rings. The maximum absolute atomic E-state index is 12.5. The number of methoxy groups -OCH3 is 1. The molecular formula is C20H28N2O3. The van der Waals surface area contributed by atoms with Gasteiger partial charge in [0, 0.05) is 12.5 Å². The van der Waals surface area contributed by atoms with E-state index in [1.165, 1.54) is 25.9 Å². The Morgan fingerprint density at radius 2 is 2.04 bits per heavy atom. The first kappa shape index (κ1) is 16.9. The third-order valence-corrected chi connectivity index (χ3v) is 5.96. The minimum atomic E-state index is -0.0621. The summed E-state index contributed by atoms with van der Waals surface area (Å²) in [6.45, 7) is 4.80.